The Morgan fingerprint density at radius 3 is 1.90 bits per heavy atom. The second kappa shape index (κ2) is 21.3. The van der Waals surface area contributed by atoms with E-state index in [9.17, 15) is 34.8 Å². The molecule has 0 saturated carbocycles. The molecule has 1 unspecified atom stereocenters. The second-order valence-corrected chi connectivity index (χ2v) is 16.6. The second-order valence-electron chi connectivity index (χ2n) is 16.6. The van der Waals surface area contributed by atoms with Gasteiger partial charge in [-0.1, -0.05) is 109 Å². The monoisotopic (exact) mass is 851 g/mol. The highest BCUT2D eigenvalue weighted by molar-refractivity contribution is 6.10. The summed E-state index contributed by atoms with van der Waals surface area (Å²) in [7, 11) is 1.42. The molecule has 1 fully saturated rings. The number of carbonyl (C=O) groups is 3. The first-order valence-electron chi connectivity index (χ1n) is 21.4. The quantitative estimate of drug-likeness (QED) is 0.0275. The summed E-state index contributed by atoms with van der Waals surface area (Å²) in [5, 5.41) is 43.2. The van der Waals surface area contributed by atoms with Crippen molar-refractivity contribution in [1.82, 2.24) is 4.90 Å². The van der Waals surface area contributed by atoms with Gasteiger partial charge < -0.3 is 34.8 Å². The number of likely N-dealkylation sites (tertiary alicyclic amines) is 1. The van der Waals surface area contributed by atoms with Crippen molar-refractivity contribution in [2.45, 2.75) is 69.7 Å². The first kappa shape index (κ1) is 46.3. The molecule has 1 heterocycles. The fourth-order valence-corrected chi connectivity index (χ4v) is 8.13. The highest BCUT2D eigenvalue weighted by Crippen LogP contribution is 2.42. The van der Waals surface area contributed by atoms with E-state index in [1.807, 2.05) is 84.9 Å². The molecule has 6 rings (SSSR count). The third-order valence-corrected chi connectivity index (χ3v) is 12.0. The number of benzene rings is 5. The van der Waals surface area contributed by atoms with Crippen molar-refractivity contribution in [2.24, 2.45) is 5.92 Å². The molecule has 1 atom stereocenters. The van der Waals surface area contributed by atoms with E-state index in [4.69, 9.17) is 9.47 Å². The number of esters is 1. The molecule has 4 N–H and O–H groups in total. The number of aliphatic hydroxyl groups excluding tert-OH is 2. The summed E-state index contributed by atoms with van der Waals surface area (Å²) >= 11 is 0. The predicted molar refractivity (Wildman–Crippen MR) is 244 cm³/mol. The molecule has 5 aromatic carbocycles. The summed E-state index contributed by atoms with van der Waals surface area (Å²) in [4.78, 5) is 40.9. The van der Waals surface area contributed by atoms with E-state index in [1.54, 1.807) is 44.2 Å². The molecule has 63 heavy (non-hydrogen) atoms. The van der Waals surface area contributed by atoms with Crippen LogP contribution in [0.5, 0.6) is 17.2 Å². The number of rotatable bonds is 19. The van der Waals surface area contributed by atoms with E-state index in [1.165, 1.54) is 37.5 Å². The highest BCUT2D eigenvalue weighted by atomic mass is 16.5. The van der Waals surface area contributed by atoms with Crippen LogP contribution in [0.1, 0.15) is 91.0 Å². The first-order chi connectivity index (χ1) is 30.3. The molecule has 5 aromatic rings. The molecular formula is C53H57NO9. The van der Waals surface area contributed by atoms with Gasteiger partial charge in [0.15, 0.2) is 23.1 Å². The predicted octanol–water partition coefficient (Wildman–Crippen LogP) is 8.49. The maximum absolute atomic E-state index is 13.5. The Hall–Kier alpha value is -6.17. The molecule has 10 nitrogen and oxygen atoms in total. The molecule has 0 aromatic heterocycles. The van der Waals surface area contributed by atoms with Gasteiger partial charge in [0, 0.05) is 5.56 Å². The number of carbonyl (C=O) groups excluding carboxylic acids is 3. The summed E-state index contributed by atoms with van der Waals surface area (Å²) in [5.74, 6) is -0.840. The van der Waals surface area contributed by atoms with Gasteiger partial charge in [-0.25, -0.2) is 0 Å². The van der Waals surface area contributed by atoms with Crippen molar-refractivity contribution in [3.8, 4) is 17.2 Å². The van der Waals surface area contributed by atoms with Crippen LogP contribution in [0.25, 0.3) is 12.2 Å². The van der Waals surface area contributed by atoms with Gasteiger partial charge in [0.2, 0.25) is 0 Å². The largest absolute Gasteiger partial charge is 0.504 e. The number of piperidine rings is 1. The van der Waals surface area contributed by atoms with Crippen LogP contribution in [-0.4, -0.2) is 69.6 Å². The summed E-state index contributed by atoms with van der Waals surface area (Å²) in [6, 6.07) is 36.7. The van der Waals surface area contributed by atoms with Gasteiger partial charge >= 0.3 is 5.97 Å². The van der Waals surface area contributed by atoms with Gasteiger partial charge in [0.25, 0.3) is 0 Å². The zero-order chi connectivity index (χ0) is 45.0. The zero-order valence-corrected chi connectivity index (χ0v) is 36.2. The van der Waals surface area contributed by atoms with E-state index >= 15 is 0 Å². The summed E-state index contributed by atoms with van der Waals surface area (Å²) in [6.45, 7) is 5.68. The molecule has 0 aliphatic carbocycles. The van der Waals surface area contributed by atoms with Crippen molar-refractivity contribution >= 4 is 29.7 Å². The van der Waals surface area contributed by atoms with Crippen LogP contribution in [0.4, 0.5) is 0 Å². The van der Waals surface area contributed by atoms with Crippen molar-refractivity contribution in [1.29, 1.82) is 0 Å². The number of allylic oxidation sites excluding steroid dienone is 2. The average molecular weight is 852 g/mol. The van der Waals surface area contributed by atoms with Crippen LogP contribution in [0.2, 0.25) is 0 Å². The van der Waals surface area contributed by atoms with Gasteiger partial charge in [0.1, 0.15) is 11.4 Å². The number of hydrogen-bond acceptors (Lipinski definition) is 10. The molecule has 0 radical (unpaired) electrons. The van der Waals surface area contributed by atoms with E-state index in [0.29, 0.717) is 28.7 Å². The average Bonchev–Trinajstić information content (AvgIpc) is 3.31. The molecule has 0 spiro atoms. The maximum atomic E-state index is 13.5. The van der Waals surface area contributed by atoms with E-state index in [2.05, 4.69) is 4.90 Å². The van der Waals surface area contributed by atoms with Gasteiger partial charge in [-0.15, -0.1) is 0 Å². The van der Waals surface area contributed by atoms with Crippen LogP contribution in [0, 0.1) is 5.92 Å². The van der Waals surface area contributed by atoms with Crippen molar-refractivity contribution < 1.29 is 44.3 Å². The number of ether oxygens (including phenoxy) is 2. The van der Waals surface area contributed by atoms with Crippen LogP contribution in [0.3, 0.4) is 0 Å². The topological polar surface area (TPSA) is 154 Å². The Morgan fingerprint density at radius 2 is 1.33 bits per heavy atom. The summed E-state index contributed by atoms with van der Waals surface area (Å²) in [6.07, 6.45) is 7.73. The minimum atomic E-state index is -1.06. The van der Waals surface area contributed by atoms with Crippen LogP contribution < -0.4 is 9.47 Å². The molecule has 328 valence electrons. The Bertz CT molecular complexity index is 2340. The van der Waals surface area contributed by atoms with Crippen molar-refractivity contribution in [2.75, 3.05) is 26.7 Å². The Kier molecular flexibility index (Phi) is 15.6. The molecule has 10 heteroatoms. The summed E-state index contributed by atoms with van der Waals surface area (Å²) < 4.78 is 10.9. The molecule has 1 aliphatic heterocycles. The molecule has 0 bridgehead atoms. The highest BCUT2D eigenvalue weighted by Gasteiger charge is 2.41. The normalized spacial score (nSPS) is 14.5. The number of aliphatic hydroxyl groups is 3. The fraction of sp³-hybridized carbons (Fsp3) is 0.302. The van der Waals surface area contributed by atoms with Gasteiger partial charge in [0.05, 0.1) is 31.7 Å². The smallest absolute Gasteiger partial charge is 0.321 e. The van der Waals surface area contributed by atoms with E-state index < -0.39 is 41.3 Å². The minimum Gasteiger partial charge on any atom is -0.504 e. The lowest BCUT2D eigenvalue weighted by atomic mass is 9.72. The number of nitrogens with zero attached hydrogens (tertiary/aromatic N) is 1. The molecule has 1 aliphatic rings. The lowest BCUT2D eigenvalue weighted by Gasteiger charge is -2.42. The number of methoxy groups -OCH3 is 1. The molecule has 1 saturated heterocycles. The number of aromatic hydroxyl groups is 1. The Balaban J connectivity index is 0.968. The molecular weight excluding hydrogens is 795 g/mol. The van der Waals surface area contributed by atoms with Crippen molar-refractivity contribution in [3.63, 3.8) is 0 Å². The van der Waals surface area contributed by atoms with Crippen LogP contribution in [-0.2, 0) is 32.0 Å². The number of phenolic OH excluding ortho intramolecular Hbond substituents is 1. The van der Waals surface area contributed by atoms with Gasteiger partial charge in [-0.2, -0.15) is 0 Å². The zero-order valence-electron chi connectivity index (χ0n) is 36.2. The lowest BCUT2D eigenvalue weighted by Crippen LogP contribution is -2.44. The van der Waals surface area contributed by atoms with Crippen LogP contribution in [0.15, 0.2) is 133 Å². The first-order valence-corrected chi connectivity index (χ1v) is 21.4. The minimum absolute atomic E-state index is 0.0226. The number of ketones is 2. The fourth-order valence-electron chi connectivity index (χ4n) is 8.13. The van der Waals surface area contributed by atoms with Gasteiger partial charge in [-0.3, -0.25) is 14.4 Å². The standard InChI is InChI=1S/C53H57NO9/c1-52(2,51(60)63-49-27-19-37(33-40(49)36-55)16-24-45(56)35-46(57)25-17-38-18-26-48(59)50(34-38)62-3)41-22-20-39(21-23-41)47(58)15-10-30-54-31-28-44(29-32-54)53(61,42-11-6-4-7-12-42)43-13-8-5-9-14-43/h4-9,11-14,16-27,33-34,44,47,55,58-59,61H,10,15,28-32,35-36H2,1-3H3/b24-16+,25-17+. The third kappa shape index (κ3) is 11.7. The van der Waals surface area contributed by atoms with Gasteiger partial charge in [-0.05, 0) is 135 Å². The SMILES string of the molecule is COc1cc(/C=C/C(=O)CC(=O)/C=C/c2ccc(OC(=O)C(C)(C)c3ccc(C(O)CCCN4CCC(C(O)(c5ccccc5)c5ccccc5)CC4)cc3)c(CO)c2)ccc1O. The molecule has 0 amide bonds. The third-order valence-electron chi connectivity index (χ3n) is 12.0. The lowest BCUT2D eigenvalue weighted by molar-refractivity contribution is -0.139. The number of phenols is 1. The van der Waals surface area contributed by atoms with E-state index in [0.717, 1.165) is 55.6 Å². The van der Waals surface area contributed by atoms with Crippen molar-refractivity contribution in [3.05, 3.63) is 172 Å². The Morgan fingerprint density at radius 1 is 0.762 bits per heavy atom. The van der Waals surface area contributed by atoms with E-state index in [-0.39, 0.29) is 29.6 Å². The van der Waals surface area contributed by atoms with Crippen LogP contribution >= 0.6 is 0 Å². The summed E-state index contributed by atoms with van der Waals surface area (Å²) in [5.41, 5.74) is 2.72. The Labute approximate surface area is 369 Å². The number of hydrogen-bond donors (Lipinski definition) is 4. The maximum Gasteiger partial charge on any atom is 0.321 e.